The number of nitrogens with one attached hydrogen (secondary N) is 1. The van der Waals surface area contributed by atoms with Crippen LogP contribution < -0.4 is 0 Å². The Labute approximate surface area is 115 Å². The predicted octanol–water partition coefficient (Wildman–Crippen LogP) is 3.95. The van der Waals surface area contributed by atoms with Gasteiger partial charge in [-0.3, -0.25) is 4.98 Å². The van der Waals surface area contributed by atoms with Gasteiger partial charge in [-0.05, 0) is 23.8 Å². The molecule has 0 bridgehead atoms. The fourth-order valence-corrected chi connectivity index (χ4v) is 2.75. The van der Waals surface area contributed by atoms with Crippen molar-refractivity contribution in [3.05, 3.63) is 64.5 Å². The highest BCUT2D eigenvalue weighted by atomic mass is 35.5. The van der Waals surface area contributed by atoms with Crippen molar-refractivity contribution >= 4 is 27.4 Å². The summed E-state index contributed by atoms with van der Waals surface area (Å²) in [6.07, 6.45) is 3.69. The van der Waals surface area contributed by atoms with E-state index in [1.807, 2.05) is 0 Å². The fraction of sp³-hybridized carbons (Fsp3) is 0. The normalized spacial score (nSPS) is 14.4. The zero-order chi connectivity index (χ0) is 13.9. The van der Waals surface area contributed by atoms with Gasteiger partial charge in [-0.15, -0.1) is 0 Å². The van der Waals surface area contributed by atoms with Crippen LogP contribution in [0.25, 0.3) is 6.08 Å². The summed E-state index contributed by atoms with van der Waals surface area (Å²) >= 11 is 5.94. The van der Waals surface area contributed by atoms with E-state index in [2.05, 4.69) is 4.98 Å². The third-order valence-electron chi connectivity index (χ3n) is 2.41. The summed E-state index contributed by atoms with van der Waals surface area (Å²) in [6.45, 7) is 0. The van der Waals surface area contributed by atoms with Gasteiger partial charge in [-0.2, -0.15) is 0 Å². The van der Waals surface area contributed by atoms with Gasteiger partial charge in [0.25, 0.3) is 0 Å². The number of rotatable bonds is 3. The summed E-state index contributed by atoms with van der Waals surface area (Å²) in [5, 5.41) is 1.62. The molecule has 1 atom stereocenters. The second kappa shape index (κ2) is 5.50. The topological polar surface area (TPSA) is 53.8 Å². The van der Waals surface area contributed by atoms with Crippen LogP contribution in [0.15, 0.2) is 53.0 Å². The molecule has 2 aromatic rings. The molecule has 0 amide bonds. The molecule has 0 aliphatic heterocycles. The molecular weight excluding hydrogens is 287 g/mol. The lowest BCUT2D eigenvalue weighted by atomic mass is 10.2. The molecule has 2 rings (SSSR count). The molecule has 19 heavy (non-hydrogen) atoms. The lowest BCUT2D eigenvalue weighted by Crippen LogP contribution is -1.98. The predicted molar refractivity (Wildman–Crippen MR) is 73.8 cm³/mol. The van der Waals surface area contributed by atoms with E-state index in [4.69, 9.17) is 16.4 Å². The molecule has 0 aliphatic rings. The molecule has 0 radical (unpaired) electrons. The Bertz CT molecular complexity index is 729. The molecule has 1 aromatic heterocycles. The molecule has 98 valence electrons. The van der Waals surface area contributed by atoms with Crippen LogP contribution in [-0.4, -0.2) is 9.19 Å². The highest BCUT2D eigenvalue weighted by molar-refractivity contribution is 7.95. The smallest absolute Gasteiger partial charge is 0.158 e. The average Bonchev–Trinajstić information content (AvgIpc) is 2.38. The van der Waals surface area contributed by atoms with Crippen LogP contribution in [0.3, 0.4) is 0 Å². The Morgan fingerprint density at radius 2 is 2.05 bits per heavy atom. The van der Waals surface area contributed by atoms with Gasteiger partial charge < -0.3 is 0 Å². The van der Waals surface area contributed by atoms with Crippen molar-refractivity contribution in [2.24, 2.45) is 0 Å². The van der Waals surface area contributed by atoms with Gasteiger partial charge >= 0.3 is 0 Å². The van der Waals surface area contributed by atoms with Crippen molar-refractivity contribution in [1.82, 2.24) is 4.98 Å². The summed E-state index contributed by atoms with van der Waals surface area (Å²) in [5.41, 5.74) is 0.624. The van der Waals surface area contributed by atoms with Gasteiger partial charge in [0.15, 0.2) is 5.82 Å². The Kier molecular flexibility index (Phi) is 3.97. The van der Waals surface area contributed by atoms with Crippen molar-refractivity contribution in [2.75, 3.05) is 0 Å². The minimum atomic E-state index is -3.36. The third kappa shape index (κ3) is 3.19. The monoisotopic (exact) mass is 296 g/mol. The number of halogens is 2. The van der Waals surface area contributed by atoms with E-state index in [-0.39, 0.29) is 4.90 Å². The lowest BCUT2D eigenvalue weighted by molar-refractivity contribution is 0.588. The molecule has 1 unspecified atom stereocenters. The molecule has 6 heteroatoms. The summed E-state index contributed by atoms with van der Waals surface area (Å²) < 4.78 is 33.4. The van der Waals surface area contributed by atoms with Crippen molar-refractivity contribution < 1.29 is 8.60 Å². The first-order valence-electron chi connectivity index (χ1n) is 5.32. The number of pyridine rings is 1. The van der Waals surface area contributed by atoms with Crippen LogP contribution in [0.4, 0.5) is 4.39 Å². The lowest BCUT2D eigenvalue weighted by Gasteiger charge is -2.03. The van der Waals surface area contributed by atoms with Crippen molar-refractivity contribution in [1.29, 1.82) is 4.78 Å². The summed E-state index contributed by atoms with van der Waals surface area (Å²) in [5.74, 6) is -0.758. The van der Waals surface area contributed by atoms with Crippen LogP contribution in [0.5, 0.6) is 0 Å². The molecule has 1 aromatic carbocycles. The fourth-order valence-electron chi connectivity index (χ4n) is 1.46. The van der Waals surface area contributed by atoms with Crippen LogP contribution in [-0.2, 0) is 9.73 Å². The summed E-state index contributed by atoms with van der Waals surface area (Å²) in [7, 11) is -3.36. The number of hydrogen-bond acceptors (Lipinski definition) is 3. The van der Waals surface area contributed by atoms with Crippen LogP contribution in [0.2, 0.25) is 5.02 Å². The van der Waals surface area contributed by atoms with Gasteiger partial charge in [-0.25, -0.2) is 13.4 Å². The van der Waals surface area contributed by atoms with E-state index in [0.717, 1.165) is 11.6 Å². The Hall–Kier alpha value is -1.72. The molecule has 1 heterocycles. The average molecular weight is 297 g/mol. The minimum Gasteiger partial charge on any atom is -0.262 e. The van der Waals surface area contributed by atoms with Crippen molar-refractivity contribution in [2.45, 2.75) is 4.90 Å². The van der Waals surface area contributed by atoms with Gasteiger partial charge in [0.05, 0.1) is 20.8 Å². The largest absolute Gasteiger partial charge is 0.262 e. The van der Waals surface area contributed by atoms with Crippen LogP contribution >= 0.6 is 11.6 Å². The van der Waals surface area contributed by atoms with Crippen molar-refractivity contribution in [3.8, 4) is 0 Å². The minimum absolute atomic E-state index is 0.189. The maximum atomic E-state index is 13.5. The zero-order valence-corrected chi connectivity index (χ0v) is 11.3. The third-order valence-corrected chi connectivity index (χ3v) is 4.25. The van der Waals surface area contributed by atoms with E-state index in [0.29, 0.717) is 10.6 Å². The van der Waals surface area contributed by atoms with E-state index < -0.39 is 15.5 Å². The molecule has 3 nitrogen and oxygen atoms in total. The van der Waals surface area contributed by atoms with E-state index >= 15 is 0 Å². The maximum absolute atomic E-state index is 13.5. The van der Waals surface area contributed by atoms with Crippen LogP contribution in [0, 0.1) is 10.6 Å². The number of benzene rings is 1. The first kappa shape index (κ1) is 13.7. The summed E-state index contributed by atoms with van der Waals surface area (Å²) in [4.78, 5) is 3.37. The SMILES string of the molecule is N=S(=O)(/C=C/c1ccccc1Cl)c1ccncc1F. The molecule has 0 spiro atoms. The second-order valence-corrected chi connectivity index (χ2v) is 6.05. The highest BCUT2D eigenvalue weighted by Crippen LogP contribution is 2.20. The number of nitrogens with zero attached hydrogens (tertiary/aromatic N) is 1. The van der Waals surface area contributed by atoms with Crippen molar-refractivity contribution in [3.63, 3.8) is 0 Å². The molecule has 1 N–H and O–H groups in total. The van der Waals surface area contributed by atoms with Gasteiger partial charge in [0.2, 0.25) is 0 Å². The summed E-state index contributed by atoms with van der Waals surface area (Å²) in [6, 6.07) is 8.17. The maximum Gasteiger partial charge on any atom is 0.158 e. The van der Waals surface area contributed by atoms with Gasteiger partial charge in [0, 0.05) is 16.6 Å². The van der Waals surface area contributed by atoms with Crippen LogP contribution in [0.1, 0.15) is 5.56 Å². The second-order valence-electron chi connectivity index (χ2n) is 3.73. The highest BCUT2D eigenvalue weighted by Gasteiger charge is 2.12. The van der Waals surface area contributed by atoms with E-state index in [1.54, 1.807) is 24.3 Å². The van der Waals surface area contributed by atoms with E-state index in [1.165, 1.54) is 18.3 Å². The zero-order valence-electron chi connectivity index (χ0n) is 9.72. The Balaban J connectivity index is 2.38. The number of aromatic nitrogens is 1. The first-order chi connectivity index (χ1) is 9.00. The molecule has 0 aliphatic carbocycles. The Morgan fingerprint density at radius 1 is 1.32 bits per heavy atom. The molecular formula is C13H10ClFN2OS. The molecule has 0 saturated heterocycles. The standard InChI is InChI=1S/C13H10ClFN2OS/c14-11-4-2-1-3-10(11)6-8-19(16,18)13-5-7-17-9-12(13)15/h1-9,16H/b8-6+. The Morgan fingerprint density at radius 3 is 2.74 bits per heavy atom. The molecule has 0 saturated carbocycles. The van der Waals surface area contributed by atoms with Gasteiger partial charge in [0.1, 0.15) is 0 Å². The van der Waals surface area contributed by atoms with Gasteiger partial charge in [-0.1, -0.05) is 29.8 Å². The quantitative estimate of drug-likeness (QED) is 0.932. The first-order valence-corrected chi connectivity index (χ1v) is 7.31. The number of hydrogen-bond donors (Lipinski definition) is 1. The van der Waals surface area contributed by atoms with E-state index in [9.17, 15) is 8.60 Å². The molecule has 0 fully saturated rings.